The molecule has 1 aliphatic rings. The molecule has 1 aromatic rings. The summed E-state index contributed by atoms with van der Waals surface area (Å²) in [6.45, 7) is 0.143. The zero-order chi connectivity index (χ0) is 16.8. The van der Waals surface area contributed by atoms with Crippen molar-refractivity contribution >= 4 is 36.0 Å². The summed E-state index contributed by atoms with van der Waals surface area (Å²) in [5, 5.41) is 35.0. The van der Waals surface area contributed by atoms with Crippen molar-refractivity contribution in [3.05, 3.63) is 22.4 Å². The van der Waals surface area contributed by atoms with Crippen LogP contribution in [0, 0.1) is 0 Å². The molecule has 10 heteroatoms. The number of hydrogen-bond donors (Lipinski definition) is 4. The molecule has 1 aliphatic heterocycles. The summed E-state index contributed by atoms with van der Waals surface area (Å²) in [6.07, 6.45) is 0.352. The molecule has 1 aromatic heterocycles. The van der Waals surface area contributed by atoms with Crippen LogP contribution in [0.1, 0.15) is 24.1 Å². The predicted octanol–water partition coefficient (Wildman–Crippen LogP) is 0.547. The lowest BCUT2D eigenvalue weighted by Crippen LogP contribution is -2.43. The highest BCUT2D eigenvalue weighted by atomic mass is 32.1. The Morgan fingerprint density at radius 2 is 2.26 bits per heavy atom. The van der Waals surface area contributed by atoms with Crippen LogP contribution in [-0.2, 0) is 14.2 Å². The third-order valence-corrected chi connectivity index (χ3v) is 4.47. The summed E-state index contributed by atoms with van der Waals surface area (Å²) in [5.74, 6) is -1.87. The maximum Gasteiger partial charge on any atom is 0.459 e. The van der Waals surface area contributed by atoms with Crippen LogP contribution in [0.5, 0.6) is 0 Å². The maximum atomic E-state index is 12.0. The summed E-state index contributed by atoms with van der Waals surface area (Å²) in [7, 11) is -1.13. The number of rotatable bonds is 6. The summed E-state index contributed by atoms with van der Waals surface area (Å²) in [5.41, 5.74) is -0.0880. The van der Waals surface area contributed by atoms with Crippen molar-refractivity contribution in [2.24, 2.45) is 5.16 Å². The Bertz CT molecular complexity index is 579. The van der Waals surface area contributed by atoms with E-state index in [9.17, 15) is 14.6 Å². The first kappa shape index (κ1) is 17.4. The summed E-state index contributed by atoms with van der Waals surface area (Å²) in [4.78, 5) is 23.2. The molecule has 0 saturated carbocycles. The van der Waals surface area contributed by atoms with E-state index >= 15 is 0 Å². The summed E-state index contributed by atoms with van der Waals surface area (Å²) in [6, 6.07) is 3.40. The Kier molecular flexibility index (Phi) is 6.14. The van der Waals surface area contributed by atoms with Crippen LogP contribution in [0.4, 0.5) is 0 Å². The van der Waals surface area contributed by atoms with Crippen molar-refractivity contribution in [1.29, 1.82) is 0 Å². The van der Waals surface area contributed by atoms with E-state index in [4.69, 9.17) is 15.0 Å². The number of carbonyl (C=O) groups excluding carboxylic acids is 1. The summed E-state index contributed by atoms with van der Waals surface area (Å²) >= 11 is 1.27. The Morgan fingerprint density at radius 3 is 2.83 bits per heavy atom. The van der Waals surface area contributed by atoms with E-state index < -0.39 is 25.1 Å². The van der Waals surface area contributed by atoms with E-state index in [0.717, 1.165) is 0 Å². The lowest BCUT2D eigenvalue weighted by Gasteiger charge is -2.30. The Balaban J connectivity index is 1.84. The number of nitrogens with one attached hydrogen (secondary N) is 1. The van der Waals surface area contributed by atoms with Gasteiger partial charge in [0.25, 0.3) is 5.91 Å². The minimum atomic E-state index is -1.13. The first-order chi connectivity index (χ1) is 11.0. The Labute approximate surface area is 136 Å². The molecule has 2 heterocycles. The second-order valence-electron chi connectivity index (χ2n) is 5.22. The van der Waals surface area contributed by atoms with Gasteiger partial charge >= 0.3 is 13.1 Å². The van der Waals surface area contributed by atoms with Crippen molar-refractivity contribution in [3.8, 4) is 0 Å². The number of nitrogens with zero attached hydrogens (tertiary/aromatic N) is 1. The Hall–Kier alpha value is -1.91. The van der Waals surface area contributed by atoms with Crippen molar-refractivity contribution in [2.75, 3.05) is 6.54 Å². The molecular formula is C13H17BN2O6S. The van der Waals surface area contributed by atoms with Crippen molar-refractivity contribution < 1.29 is 29.6 Å². The highest BCUT2D eigenvalue weighted by Gasteiger charge is 2.36. The van der Waals surface area contributed by atoms with Crippen LogP contribution in [-0.4, -0.2) is 52.7 Å². The van der Waals surface area contributed by atoms with Gasteiger partial charge in [0.05, 0.1) is 17.4 Å². The molecule has 1 fully saturated rings. The minimum Gasteiger partial charge on any atom is -0.481 e. The van der Waals surface area contributed by atoms with Gasteiger partial charge in [-0.05, 0) is 24.3 Å². The lowest BCUT2D eigenvalue weighted by molar-refractivity contribution is -0.139. The van der Waals surface area contributed by atoms with Crippen molar-refractivity contribution in [3.63, 3.8) is 0 Å². The number of carboxylic acids is 1. The lowest BCUT2D eigenvalue weighted by atomic mass is 9.66. The standard InChI is InChI=1S/C13H17BN2O6S/c17-11(18)6-9-4-3-8(14(20)22-9)7-15-13(19)12(16-21)10-2-1-5-23-10/h1-2,5,8-9,20-21H,3-4,6-7H2,(H,15,19)(H,17,18)/b16-12-/t8?,9-/m0/s1. The van der Waals surface area contributed by atoms with Gasteiger partial charge < -0.3 is 25.3 Å². The molecule has 0 spiro atoms. The fourth-order valence-electron chi connectivity index (χ4n) is 2.39. The highest BCUT2D eigenvalue weighted by Crippen LogP contribution is 2.27. The number of carboxylic acid groups (broad SMARTS) is 1. The van der Waals surface area contributed by atoms with Gasteiger partial charge in [-0.2, -0.15) is 0 Å². The van der Waals surface area contributed by atoms with Crippen molar-refractivity contribution in [1.82, 2.24) is 5.32 Å². The normalized spacial score (nSPS) is 22.0. The number of thiophene rings is 1. The molecule has 0 bridgehead atoms. The molecule has 124 valence electrons. The molecular weight excluding hydrogens is 323 g/mol. The smallest absolute Gasteiger partial charge is 0.459 e. The third-order valence-electron chi connectivity index (χ3n) is 3.59. The first-order valence-electron chi connectivity index (χ1n) is 7.10. The molecule has 4 N–H and O–H groups in total. The average molecular weight is 340 g/mol. The largest absolute Gasteiger partial charge is 0.481 e. The zero-order valence-corrected chi connectivity index (χ0v) is 13.0. The maximum absolute atomic E-state index is 12.0. The predicted molar refractivity (Wildman–Crippen MR) is 83.7 cm³/mol. The van der Waals surface area contributed by atoms with Crippen LogP contribution in [0.15, 0.2) is 22.7 Å². The van der Waals surface area contributed by atoms with Crippen LogP contribution in [0.25, 0.3) is 0 Å². The third kappa shape index (κ3) is 4.78. The van der Waals surface area contributed by atoms with Crippen LogP contribution >= 0.6 is 11.3 Å². The minimum absolute atomic E-state index is 0.0880. The molecule has 2 atom stereocenters. The monoisotopic (exact) mass is 340 g/mol. The van der Waals surface area contributed by atoms with Gasteiger partial charge in [-0.15, -0.1) is 11.3 Å². The summed E-state index contributed by atoms with van der Waals surface area (Å²) < 4.78 is 5.25. The van der Waals surface area contributed by atoms with E-state index in [-0.39, 0.29) is 24.5 Å². The van der Waals surface area contributed by atoms with Crippen LogP contribution in [0.2, 0.25) is 5.82 Å². The number of amides is 1. The zero-order valence-electron chi connectivity index (χ0n) is 12.2. The van der Waals surface area contributed by atoms with Gasteiger partial charge in [0.15, 0.2) is 5.71 Å². The first-order valence-corrected chi connectivity index (χ1v) is 7.98. The molecule has 8 nitrogen and oxygen atoms in total. The molecule has 0 aromatic carbocycles. The molecule has 23 heavy (non-hydrogen) atoms. The second kappa shape index (κ2) is 8.09. The Morgan fingerprint density at radius 1 is 1.48 bits per heavy atom. The van der Waals surface area contributed by atoms with E-state index in [1.807, 2.05) is 0 Å². The fraction of sp³-hybridized carbons (Fsp3) is 0.462. The molecule has 1 saturated heterocycles. The van der Waals surface area contributed by atoms with Gasteiger partial charge in [-0.1, -0.05) is 11.2 Å². The number of hydrogen-bond acceptors (Lipinski definition) is 7. The molecule has 0 aliphatic carbocycles. The topological polar surface area (TPSA) is 128 Å². The number of oxime groups is 1. The molecule has 1 unspecified atom stereocenters. The molecule has 2 rings (SSSR count). The quantitative estimate of drug-likeness (QED) is 0.259. The molecule has 0 radical (unpaired) electrons. The molecule has 1 amide bonds. The van der Waals surface area contributed by atoms with Crippen LogP contribution < -0.4 is 5.32 Å². The van der Waals surface area contributed by atoms with E-state index in [0.29, 0.717) is 17.7 Å². The van der Waals surface area contributed by atoms with Crippen molar-refractivity contribution in [2.45, 2.75) is 31.2 Å². The van der Waals surface area contributed by atoms with Gasteiger partial charge in [0, 0.05) is 12.4 Å². The SMILES string of the molecule is O=C(O)C[C@@H]1CCC(CNC(=O)/C(=N\O)c2cccs2)B(O)O1. The number of carbonyl (C=O) groups is 2. The van der Waals surface area contributed by atoms with E-state index in [1.54, 1.807) is 17.5 Å². The van der Waals surface area contributed by atoms with Gasteiger partial charge in [-0.3, -0.25) is 9.59 Å². The second-order valence-corrected chi connectivity index (χ2v) is 6.17. The van der Waals surface area contributed by atoms with E-state index in [1.165, 1.54) is 11.3 Å². The average Bonchev–Trinajstić information content (AvgIpc) is 3.00. The van der Waals surface area contributed by atoms with E-state index in [2.05, 4.69) is 10.5 Å². The number of aliphatic carboxylic acids is 1. The van der Waals surface area contributed by atoms with Gasteiger partial charge in [-0.25, -0.2) is 0 Å². The van der Waals surface area contributed by atoms with Crippen LogP contribution in [0.3, 0.4) is 0 Å². The fourth-order valence-corrected chi connectivity index (χ4v) is 3.10. The van der Waals surface area contributed by atoms with Gasteiger partial charge in [0.2, 0.25) is 0 Å². The highest BCUT2D eigenvalue weighted by molar-refractivity contribution is 7.13. The van der Waals surface area contributed by atoms with Gasteiger partial charge in [0.1, 0.15) is 0 Å².